The van der Waals surface area contributed by atoms with Gasteiger partial charge in [-0.3, -0.25) is 0 Å². The summed E-state index contributed by atoms with van der Waals surface area (Å²) < 4.78 is 1.06. The minimum absolute atomic E-state index is 0.751. The second kappa shape index (κ2) is 6.71. The molecule has 2 unspecified atom stereocenters. The monoisotopic (exact) mass is 325 g/mol. The average Bonchev–Trinajstić information content (AvgIpc) is 2.35. The van der Waals surface area contributed by atoms with Crippen molar-refractivity contribution in [2.24, 2.45) is 11.8 Å². The van der Waals surface area contributed by atoms with Gasteiger partial charge in [-0.1, -0.05) is 20.8 Å². The molecule has 0 radical (unpaired) electrons. The van der Waals surface area contributed by atoms with Gasteiger partial charge in [-0.25, -0.2) is 4.98 Å². The van der Waals surface area contributed by atoms with Crippen molar-refractivity contribution in [3.63, 3.8) is 0 Å². The Labute approximate surface area is 124 Å². The van der Waals surface area contributed by atoms with E-state index in [0.29, 0.717) is 0 Å². The minimum Gasteiger partial charge on any atom is -0.356 e. The van der Waals surface area contributed by atoms with E-state index in [1.807, 2.05) is 6.20 Å². The molecule has 1 saturated heterocycles. The molecule has 4 heteroatoms. The Bertz CT molecular complexity index is 412. The first-order valence-corrected chi connectivity index (χ1v) is 7.99. The summed E-state index contributed by atoms with van der Waals surface area (Å²) in [6, 6.07) is 2.19. The van der Waals surface area contributed by atoms with Gasteiger partial charge >= 0.3 is 0 Å². The normalized spacial score (nSPS) is 23.7. The Morgan fingerprint density at radius 3 is 2.68 bits per heavy atom. The van der Waals surface area contributed by atoms with Gasteiger partial charge in [0.05, 0.1) is 0 Å². The zero-order valence-corrected chi connectivity index (χ0v) is 13.7. The number of pyridine rings is 1. The van der Waals surface area contributed by atoms with Gasteiger partial charge in [-0.15, -0.1) is 0 Å². The van der Waals surface area contributed by atoms with E-state index in [1.54, 1.807) is 0 Å². The van der Waals surface area contributed by atoms with E-state index in [0.717, 1.165) is 48.3 Å². The molecule has 2 heterocycles. The Hall–Kier alpha value is -0.610. The quantitative estimate of drug-likeness (QED) is 0.919. The third-order valence-electron chi connectivity index (χ3n) is 3.64. The third-order valence-corrected chi connectivity index (χ3v) is 4.08. The molecular weight excluding hydrogens is 302 g/mol. The molecule has 2 atom stereocenters. The van der Waals surface area contributed by atoms with E-state index in [2.05, 4.69) is 58.0 Å². The molecule has 0 aromatic carbocycles. The highest BCUT2D eigenvalue weighted by Crippen LogP contribution is 2.28. The lowest BCUT2D eigenvalue weighted by Gasteiger charge is -2.36. The fraction of sp³-hybridized carbons (Fsp3) is 0.667. The number of rotatable bonds is 4. The number of nitrogens with one attached hydrogen (secondary N) is 1. The second-order valence-electron chi connectivity index (χ2n) is 5.77. The van der Waals surface area contributed by atoms with Crippen molar-refractivity contribution in [3.05, 3.63) is 22.3 Å². The van der Waals surface area contributed by atoms with E-state index < -0.39 is 0 Å². The molecule has 2 rings (SSSR count). The van der Waals surface area contributed by atoms with Gasteiger partial charge in [0.1, 0.15) is 5.82 Å². The Morgan fingerprint density at radius 2 is 2.05 bits per heavy atom. The Balaban J connectivity index is 2.22. The molecule has 19 heavy (non-hydrogen) atoms. The van der Waals surface area contributed by atoms with Crippen LogP contribution in [0.4, 0.5) is 5.82 Å². The zero-order valence-electron chi connectivity index (χ0n) is 12.1. The zero-order chi connectivity index (χ0) is 13.8. The maximum atomic E-state index is 4.66. The standard InChI is InChI=1S/C15H24BrN3/c1-4-17-7-13-6-14(16)8-18-15(13)19-9-11(2)5-12(3)10-19/h6,8,11-12,17H,4-5,7,9-10H2,1-3H3. The molecule has 1 aliphatic rings. The maximum Gasteiger partial charge on any atom is 0.133 e. The molecule has 1 aromatic heterocycles. The lowest BCUT2D eigenvalue weighted by atomic mass is 9.91. The van der Waals surface area contributed by atoms with Crippen LogP contribution < -0.4 is 10.2 Å². The van der Waals surface area contributed by atoms with Gasteiger partial charge in [0, 0.05) is 35.9 Å². The average molecular weight is 326 g/mol. The lowest BCUT2D eigenvalue weighted by Crippen LogP contribution is -2.40. The van der Waals surface area contributed by atoms with Gasteiger partial charge in [0.15, 0.2) is 0 Å². The van der Waals surface area contributed by atoms with E-state index in [1.165, 1.54) is 12.0 Å². The molecule has 0 amide bonds. The number of hydrogen-bond acceptors (Lipinski definition) is 3. The molecule has 0 spiro atoms. The SMILES string of the molecule is CCNCc1cc(Br)cnc1N1CC(C)CC(C)C1. The Morgan fingerprint density at radius 1 is 1.37 bits per heavy atom. The summed E-state index contributed by atoms with van der Waals surface area (Å²) in [5.74, 6) is 2.66. The third kappa shape index (κ3) is 3.93. The summed E-state index contributed by atoms with van der Waals surface area (Å²) in [6.07, 6.45) is 3.24. The topological polar surface area (TPSA) is 28.2 Å². The fourth-order valence-electron chi connectivity index (χ4n) is 2.98. The summed E-state index contributed by atoms with van der Waals surface area (Å²) in [4.78, 5) is 7.12. The molecular formula is C15H24BrN3. The maximum absolute atomic E-state index is 4.66. The van der Waals surface area contributed by atoms with Crippen LogP contribution in [-0.4, -0.2) is 24.6 Å². The Kier molecular flexibility index (Phi) is 5.22. The highest BCUT2D eigenvalue weighted by Gasteiger charge is 2.24. The second-order valence-corrected chi connectivity index (χ2v) is 6.68. The molecule has 1 fully saturated rings. The van der Waals surface area contributed by atoms with Crippen LogP contribution in [0.1, 0.15) is 32.8 Å². The number of anilines is 1. The molecule has 0 bridgehead atoms. The van der Waals surface area contributed by atoms with E-state index in [4.69, 9.17) is 0 Å². The number of halogens is 1. The van der Waals surface area contributed by atoms with Crippen LogP contribution in [0.15, 0.2) is 16.7 Å². The summed E-state index contributed by atoms with van der Waals surface area (Å²) in [5, 5.41) is 3.41. The van der Waals surface area contributed by atoms with E-state index >= 15 is 0 Å². The largest absolute Gasteiger partial charge is 0.356 e. The first kappa shape index (κ1) is 14.8. The van der Waals surface area contributed by atoms with Crippen molar-refractivity contribution in [2.45, 2.75) is 33.7 Å². The van der Waals surface area contributed by atoms with Gasteiger partial charge < -0.3 is 10.2 Å². The van der Waals surface area contributed by atoms with Crippen LogP contribution in [0.3, 0.4) is 0 Å². The fourth-order valence-corrected chi connectivity index (χ4v) is 3.36. The molecule has 106 valence electrons. The smallest absolute Gasteiger partial charge is 0.133 e. The van der Waals surface area contributed by atoms with Crippen molar-refractivity contribution in [3.8, 4) is 0 Å². The highest BCUT2D eigenvalue weighted by molar-refractivity contribution is 9.10. The van der Waals surface area contributed by atoms with Crippen LogP contribution >= 0.6 is 15.9 Å². The van der Waals surface area contributed by atoms with Crippen LogP contribution in [-0.2, 0) is 6.54 Å². The van der Waals surface area contributed by atoms with Crippen molar-refractivity contribution in [2.75, 3.05) is 24.5 Å². The summed E-state index contributed by atoms with van der Waals surface area (Å²) in [6.45, 7) is 10.9. The lowest BCUT2D eigenvalue weighted by molar-refractivity contribution is 0.354. The van der Waals surface area contributed by atoms with E-state index in [-0.39, 0.29) is 0 Å². The van der Waals surface area contributed by atoms with Crippen LogP contribution in [0, 0.1) is 11.8 Å². The molecule has 1 aromatic rings. The minimum atomic E-state index is 0.751. The molecule has 1 N–H and O–H groups in total. The van der Waals surface area contributed by atoms with Gasteiger partial charge in [0.2, 0.25) is 0 Å². The predicted molar refractivity (Wildman–Crippen MR) is 84.5 cm³/mol. The number of piperidine rings is 1. The predicted octanol–water partition coefficient (Wildman–Crippen LogP) is 3.44. The first-order chi connectivity index (χ1) is 9.10. The van der Waals surface area contributed by atoms with Crippen molar-refractivity contribution >= 4 is 21.7 Å². The summed E-state index contributed by atoms with van der Waals surface area (Å²) >= 11 is 3.53. The summed E-state index contributed by atoms with van der Waals surface area (Å²) in [5.41, 5.74) is 1.29. The molecule has 3 nitrogen and oxygen atoms in total. The van der Waals surface area contributed by atoms with Crippen LogP contribution in [0.25, 0.3) is 0 Å². The van der Waals surface area contributed by atoms with E-state index in [9.17, 15) is 0 Å². The number of aromatic nitrogens is 1. The number of nitrogens with zero attached hydrogens (tertiary/aromatic N) is 2. The highest BCUT2D eigenvalue weighted by atomic mass is 79.9. The molecule has 0 aliphatic carbocycles. The molecule has 1 aliphatic heterocycles. The summed E-state index contributed by atoms with van der Waals surface area (Å²) in [7, 11) is 0. The molecule has 0 saturated carbocycles. The van der Waals surface area contributed by atoms with Gasteiger partial charge in [0.25, 0.3) is 0 Å². The van der Waals surface area contributed by atoms with Gasteiger partial charge in [-0.2, -0.15) is 0 Å². The van der Waals surface area contributed by atoms with Crippen molar-refractivity contribution in [1.29, 1.82) is 0 Å². The van der Waals surface area contributed by atoms with Crippen LogP contribution in [0.2, 0.25) is 0 Å². The van der Waals surface area contributed by atoms with Gasteiger partial charge in [-0.05, 0) is 46.8 Å². The van der Waals surface area contributed by atoms with Crippen molar-refractivity contribution in [1.82, 2.24) is 10.3 Å². The van der Waals surface area contributed by atoms with Crippen molar-refractivity contribution < 1.29 is 0 Å². The van der Waals surface area contributed by atoms with Crippen LogP contribution in [0.5, 0.6) is 0 Å². The first-order valence-electron chi connectivity index (χ1n) is 7.20. The number of hydrogen-bond donors (Lipinski definition) is 1.